The third kappa shape index (κ3) is 3.79. The van der Waals surface area contributed by atoms with Crippen LogP contribution in [0.1, 0.15) is 35.9 Å². The first kappa shape index (κ1) is 20.4. The number of aliphatic hydroxyl groups is 1. The van der Waals surface area contributed by atoms with Crippen molar-refractivity contribution in [3.05, 3.63) is 65.0 Å². The first-order valence-electron chi connectivity index (χ1n) is 9.81. The molecule has 0 bridgehead atoms. The summed E-state index contributed by atoms with van der Waals surface area (Å²) in [6, 6.07) is 12.1. The second-order valence-corrected chi connectivity index (χ2v) is 7.88. The van der Waals surface area contributed by atoms with Gasteiger partial charge in [0.25, 0.3) is 0 Å². The van der Waals surface area contributed by atoms with Crippen LogP contribution in [-0.2, 0) is 18.6 Å². The van der Waals surface area contributed by atoms with Crippen LogP contribution in [0, 0.1) is 6.92 Å². The van der Waals surface area contributed by atoms with E-state index in [4.69, 9.17) is 0 Å². The normalized spacial score (nSPS) is 16.3. The molecule has 1 aliphatic rings. The molecule has 0 aliphatic carbocycles. The topological polar surface area (TPSA) is 65.0 Å². The van der Waals surface area contributed by atoms with Gasteiger partial charge < -0.3 is 10.0 Å². The van der Waals surface area contributed by atoms with Gasteiger partial charge in [-0.3, -0.25) is 5.10 Å². The number of fused-ring (bicyclic) bond motifs is 1. The van der Waals surface area contributed by atoms with Gasteiger partial charge in [0.2, 0.25) is 0 Å². The first-order chi connectivity index (χ1) is 14.1. The largest absolute Gasteiger partial charge is 0.421 e. The Hall–Kier alpha value is -2.87. The number of alkyl halides is 3. The predicted octanol–water partition coefficient (Wildman–Crippen LogP) is 4.50. The van der Waals surface area contributed by atoms with Crippen molar-refractivity contribution in [3.8, 4) is 11.4 Å². The molecule has 2 aromatic carbocycles. The molecular formula is C22H23F3N4O. The van der Waals surface area contributed by atoms with Crippen molar-refractivity contribution < 1.29 is 18.3 Å². The van der Waals surface area contributed by atoms with Crippen LogP contribution in [0.15, 0.2) is 42.5 Å². The highest BCUT2D eigenvalue weighted by Gasteiger charge is 2.51. The molecule has 4 rings (SSSR count). The van der Waals surface area contributed by atoms with Crippen LogP contribution in [0.25, 0.3) is 11.4 Å². The summed E-state index contributed by atoms with van der Waals surface area (Å²) in [5.41, 5.74) is 1.14. The maximum absolute atomic E-state index is 13.0. The Labute approximate surface area is 172 Å². The first-order valence-corrected chi connectivity index (χ1v) is 9.81. The number of halogens is 3. The van der Waals surface area contributed by atoms with Crippen LogP contribution in [0.5, 0.6) is 0 Å². The van der Waals surface area contributed by atoms with Gasteiger partial charge in [0.1, 0.15) is 5.82 Å². The van der Waals surface area contributed by atoms with Crippen molar-refractivity contribution in [2.75, 3.05) is 11.4 Å². The van der Waals surface area contributed by atoms with Crippen molar-refractivity contribution in [3.63, 3.8) is 0 Å². The summed E-state index contributed by atoms with van der Waals surface area (Å²) in [7, 11) is 0. The number of aromatic nitrogens is 3. The molecule has 5 nitrogen and oxygen atoms in total. The maximum atomic E-state index is 13.0. The third-order valence-corrected chi connectivity index (χ3v) is 5.59. The van der Waals surface area contributed by atoms with Crippen LogP contribution in [0.3, 0.4) is 0 Å². The molecule has 0 fully saturated rings. The summed E-state index contributed by atoms with van der Waals surface area (Å²) in [6.45, 7) is 4.08. The predicted molar refractivity (Wildman–Crippen MR) is 108 cm³/mol. The Morgan fingerprint density at radius 3 is 2.50 bits per heavy atom. The van der Waals surface area contributed by atoms with Gasteiger partial charge in [-0.25, -0.2) is 4.98 Å². The number of nitrogens with one attached hydrogen (secondary N) is 1. The number of nitrogens with zero attached hydrogens (tertiary/aromatic N) is 3. The second-order valence-electron chi connectivity index (χ2n) is 7.88. The zero-order valence-corrected chi connectivity index (χ0v) is 16.8. The highest BCUT2D eigenvalue weighted by molar-refractivity contribution is 5.65. The average molecular weight is 416 g/mol. The lowest BCUT2D eigenvalue weighted by atomic mass is 9.94. The van der Waals surface area contributed by atoms with Crippen molar-refractivity contribution in [1.29, 1.82) is 0 Å². The quantitative estimate of drug-likeness (QED) is 0.657. The van der Waals surface area contributed by atoms with E-state index in [1.54, 1.807) is 12.1 Å². The van der Waals surface area contributed by atoms with Crippen molar-refractivity contribution in [2.45, 2.75) is 45.0 Å². The fraction of sp³-hybridized carbons (Fsp3) is 0.364. The molecule has 0 radical (unpaired) electrons. The van der Waals surface area contributed by atoms with E-state index in [2.05, 4.69) is 32.2 Å². The molecule has 0 amide bonds. The summed E-state index contributed by atoms with van der Waals surface area (Å²) in [5, 5.41) is 16.9. The Kier molecular flexibility index (Phi) is 5.05. The minimum Gasteiger partial charge on any atom is -0.376 e. The second kappa shape index (κ2) is 7.43. The molecule has 8 heteroatoms. The lowest BCUT2D eigenvalue weighted by molar-refractivity contribution is -0.258. The van der Waals surface area contributed by atoms with E-state index in [1.807, 2.05) is 13.0 Å². The zero-order chi connectivity index (χ0) is 21.5. The molecular weight excluding hydrogens is 393 g/mol. The van der Waals surface area contributed by atoms with Crippen LogP contribution in [-0.4, -0.2) is 33.0 Å². The van der Waals surface area contributed by atoms with E-state index < -0.39 is 11.8 Å². The molecule has 1 aliphatic heterocycles. The molecule has 3 aromatic rings. The molecule has 30 heavy (non-hydrogen) atoms. The van der Waals surface area contributed by atoms with Crippen molar-refractivity contribution >= 4 is 5.69 Å². The molecule has 2 N–H and O–H groups in total. The van der Waals surface area contributed by atoms with E-state index in [0.717, 1.165) is 48.9 Å². The summed E-state index contributed by atoms with van der Waals surface area (Å²) in [4.78, 5) is 6.61. The van der Waals surface area contributed by atoms with Crippen LogP contribution in [0.4, 0.5) is 18.9 Å². The Morgan fingerprint density at radius 2 is 1.87 bits per heavy atom. The highest BCUT2D eigenvalue weighted by Crippen LogP contribution is 2.38. The number of hydrogen-bond donors (Lipinski definition) is 2. The van der Waals surface area contributed by atoms with Crippen LogP contribution < -0.4 is 4.90 Å². The van der Waals surface area contributed by atoms with Gasteiger partial charge in [-0.1, -0.05) is 24.3 Å². The Balaban J connectivity index is 1.54. The van der Waals surface area contributed by atoms with Gasteiger partial charge in [-0.05, 0) is 61.6 Å². The zero-order valence-electron chi connectivity index (χ0n) is 16.8. The fourth-order valence-electron chi connectivity index (χ4n) is 3.77. The van der Waals surface area contributed by atoms with Gasteiger partial charge >= 0.3 is 6.18 Å². The lowest BCUT2D eigenvalue weighted by Gasteiger charge is -2.32. The monoisotopic (exact) mass is 416 g/mol. The molecule has 1 unspecified atom stereocenters. The van der Waals surface area contributed by atoms with Gasteiger partial charge in [-0.15, -0.1) is 0 Å². The Morgan fingerprint density at radius 1 is 1.13 bits per heavy atom. The van der Waals surface area contributed by atoms with E-state index in [9.17, 15) is 18.3 Å². The van der Waals surface area contributed by atoms with Crippen molar-refractivity contribution in [1.82, 2.24) is 15.2 Å². The number of benzene rings is 2. The van der Waals surface area contributed by atoms with E-state index in [1.165, 1.54) is 17.7 Å². The number of hydrogen-bond acceptors (Lipinski definition) is 4. The van der Waals surface area contributed by atoms with Gasteiger partial charge in [0, 0.05) is 24.3 Å². The molecule has 158 valence electrons. The minimum atomic E-state index is -4.72. The summed E-state index contributed by atoms with van der Waals surface area (Å²) in [5.74, 6) is 1.43. The average Bonchev–Trinajstić information content (AvgIpc) is 3.14. The standard InChI is InChI=1S/C22H23F3N4O/c1-14-26-20(28-27-14)17-7-10-19-16(12-17)4-3-11-29(19)13-15-5-8-18(9-6-15)21(2,30)22(23,24)25/h5-10,12,30H,3-4,11,13H2,1-2H3,(H,26,27,28). The van der Waals surface area contributed by atoms with Gasteiger partial charge in [0.05, 0.1) is 0 Å². The lowest BCUT2D eigenvalue weighted by Crippen LogP contribution is -2.39. The SMILES string of the molecule is Cc1nc(-c2ccc3c(c2)CCCN3Cc2ccc(C(C)(O)C(F)(F)F)cc2)n[nH]1. The molecule has 1 atom stereocenters. The summed E-state index contributed by atoms with van der Waals surface area (Å²) < 4.78 is 39.1. The fourth-order valence-corrected chi connectivity index (χ4v) is 3.77. The van der Waals surface area contributed by atoms with Crippen molar-refractivity contribution in [2.24, 2.45) is 0 Å². The number of aromatic amines is 1. The molecule has 1 aromatic heterocycles. The van der Waals surface area contributed by atoms with E-state index >= 15 is 0 Å². The number of aryl methyl sites for hydroxylation is 2. The third-order valence-electron chi connectivity index (χ3n) is 5.59. The van der Waals surface area contributed by atoms with E-state index in [0.29, 0.717) is 12.4 Å². The summed E-state index contributed by atoms with van der Waals surface area (Å²) >= 11 is 0. The van der Waals surface area contributed by atoms with Crippen LogP contribution >= 0.6 is 0 Å². The number of H-pyrrole nitrogens is 1. The molecule has 2 heterocycles. The highest BCUT2D eigenvalue weighted by atomic mass is 19.4. The number of anilines is 1. The molecule has 0 saturated heterocycles. The number of rotatable bonds is 4. The van der Waals surface area contributed by atoms with Crippen LogP contribution in [0.2, 0.25) is 0 Å². The molecule has 0 spiro atoms. The summed E-state index contributed by atoms with van der Waals surface area (Å²) in [6.07, 6.45) is -2.78. The Bertz CT molecular complexity index is 1040. The smallest absolute Gasteiger partial charge is 0.376 e. The van der Waals surface area contributed by atoms with Gasteiger partial charge in [0.15, 0.2) is 11.4 Å². The molecule has 0 saturated carbocycles. The maximum Gasteiger partial charge on any atom is 0.421 e. The van der Waals surface area contributed by atoms with E-state index in [-0.39, 0.29) is 5.56 Å². The minimum absolute atomic E-state index is 0.163. The van der Waals surface area contributed by atoms with Gasteiger partial charge in [-0.2, -0.15) is 18.3 Å².